The summed E-state index contributed by atoms with van der Waals surface area (Å²) in [6.45, 7) is 2.86. The third-order valence-electron chi connectivity index (χ3n) is 5.61. The molecule has 2 fully saturated rings. The van der Waals surface area contributed by atoms with Crippen LogP contribution >= 0.6 is 12.4 Å². The molecule has 0 bridgehead atoms. The van der Waals surface area contributed by atoms with E-state index in [9.17, 15) is 4.79 Å². The standard InChI is InChI=1S/C18H24N2O2.ClH/c21-17(14-12-18(14)7-9-19-10-8-18)20-15-5-3-11-22-16-6-2-1-4-13(15)16;/h1-2,4,6,14-15,19H,3,5,7-12H2,(H,20,21);1H. The van der Waals surface area contributed by atoms with Crippen LogP contribution in [-0.4, -0.2) is 25.6 Å². The van der Waals surface area contributed by atoms with E-state index in [0.717, 1.165) is 63.1 Å². The van der Waals surface area contributed by atoms with Crippen LogP contribution in [0, 0.1) is 11.3 Å². The number of carbonyl (C=O) groups is 1. The molecule has 2 atom stereocenters. The van der Waals surface area contributed by atoms with Gasteiger partial charge in [0.05, 0.1) is 12.6 Å². The van der Waals surface area contributed by atoms with Crippen molar-refractivity contribution < 1.29 is 9.53 Å². The summed E-state index contributed by atoms with van der Waals surface area (Å²) in [5.74, 6) is 1.41. The third kappa shape index (κ3) is 3.20. The topological polar surface area (TPSA) is 50.4 Å². The molecule has 23 heavy (non-hydrogen) atoms. The lowest BCUT2D eigenvalue weighted by Crippen LogP contribution is -2.35. The molecule has 1 aliphatic carbocycles. The minimum atomic E-state index is 0. The molecule has 1 saturated carbocycles. The van der Waals surface area contributed by atoms with Gasteiger partial charge in [-0.1, -0.05) is 18.2 Å². The molecule has 126 valence electrons. The lowest BCUT2D eigenvalue weighted by Gasteiger charge is -2.24. The maximum Gasteiger partial charge on any atom is 0.224 e. The monoisotopic (exact) mass is 336 g/mol. The van der Waals surface area contributed by atoms with Crippen molar-refractivity contribution >= 4 is 18.3 Å². The summed E-state index contributed by atoms with van der Waals surface area (Å²) in [5.41, 5.74) is 1.43. The van der Waals surface area contributed by atoms with Gasteiger partial charge in [-0.15, -0.1) is 12.4 Å². The lowest BCUT2D eigenvalue weighted by atomic mass is 9.91. The maximum absolute atomic E-state index is 12.7. The predicted octanol–water partition coefficient (Wildman–Crippen LogP) is 2.83. The molecular formula is C18H25ClN2O2. The Hall–Kier alpha value is -1.26. The second kappa shape index (κ2) is 6.70. The van der Waals surface area contributed by atoms with Gasteiger partial charge in [0.25, 0.3) is 0 Å². The van der Waals surface area contributed by atoms with Gasteiger partial charge >= 0.3 is 0 Å². The molecule has 1 saturated heterocycles. The molecule has 0 radical (unpaired) electrons. The molecule has 0 aromatic heterocycles. The van der Waals surface area contributed by atoms with Crippen LogP contribution in [0.3, 0.4) is 0 Å². The molecule has 4 nitrogen and oxygen atoms in total. The average Bonchev–Trinajstić information content (AvgIpc) is 3.28. The highest BCUT2D eigenvalue weighted by atomic mass is 35.5. The van der Waals surface area contributed by atoms with Gasteiger partial charge in [0.1, 0.15) is 5.75 Å². The molecule has 2 unspecified atom stereocenters. The third-order valence-corrected chi connectivity index (χ3v) is 5.61. The van der Waals surface area contributed by atoms with Gasteiger partial charge in [-0.05, 0) is 56.7 Å². The van der Waals surface area contributed by atoms with Crippen molar-refractivity contribution in [3.63, 3.8) is 0 Å². The van der Waals surface area contributed by atoms with Crippen molar-refractivity contribution in [1.29, 1.82) is 0 Å². The molecule has 1 aromatic rings. The quantitative estimate of drug-likeness (QED) is 0.873. The van der Waals surface area contributed by atoms with E-state index in [-0.39, 0.29) is 30.3 Å². The number of ether oxygens (including phenoxy) is 1. The van der Waals surface area contributed by atoms with Crippen LogP contribution in [-0.2, 0) is 4.79 Å². The molecule has 1 spiro atoms. The number of benzene rings is 1. The van der Waals surface area contributed by atoms with Gasteiger partial charge < -0.3 is 15.4 Å². The Labute approximate surface area is 143 Å². The summed E-state index contributed by atoms with van der Waals surface area (Å²) in [4.78, 5) is 12.7. The van der Waals surface area contributed by atoms with Gasteiger partial charge in [-0.25, -0.2) is 0 Å². The highest BCUT2D eigenvalue weighted by molar-refractivity contribution is 5.85. The van der Waals surface area contributed by atoms with Crippen molar-refractivity contribution in [3.8, 4) is 5.75 Å². The minimum Gasteiger partial charge on any atom is -0.493 e. The fourth-order valence-electron chi connectivity index (χ4n) is 4.14. The van der Waals surface area contributed by atoms with Crippen LogP contribution < -0.4 is 15.4 Å². The number of hydrogen-bond acceptors (Lipinski definition) is 3. The molecule has 5 heteroatoms. The Kier molecular flexibility index (Phi) is 4.83. The summed E-state index contributed by atoms with van der Waals surface area (Å²) < 4.78 is 5.79. The lowest BCUT2D eigenvalue weighted by molar-refractivity contribution is -0.124. The largest absolute Gasteiger partial charge is 0.493 e. The highest BCUT2D eigenvalue weighted by Crippen LogP contribution is 2.58. The fraction of sp³-hybridized carbons (Fsp3) is 0.611. The van der Waals surface area contributed by atoms with Gasteiger partial charge in [0.2, 0.25) is 5.91 Å². The first kappa shape index (κ1) is 16.6. The van der Waals surface area contributed by atoms with E-state index in [1.54, 1.807) is 0 Å². The molecule has 2 heterocycles. The molecule has 1 aromatic carbocycles. The molecule has 2 N–H and O–H groups in total. The number of amides is 1. The first-order valence-corrected chi connectivity index (χ1v) is 8.51. The minimum absolute atomic E-state index is 0. The number of fused-ring (bicyclic) bond motifs is 1. The highest BCUT2D eigenvalue weighted by Gasteiger charge is 2.57. The first-order chi connectivity index (χ1) is 10.8. The van der Waals surface area contributed by atoms with Gasteiger partial charge in [0.15, 0.2) is 0 Å². The fourth-order valence-corrected chi connectivity index (χ4v) is 4.14. The zero-order chi connectivity index (χ0) is 15.0. The Balaban J connectivity index is 0.00000156. The SMILES string of the molecule is Cl.O=C(NC1CCCOc2ccccc21)C1CC12CCNCC2. The Morgan fingerprint density at radius 2 is 2.04 bits per heavy atom. The number of para-hydroxylation sites is 1. The van der Waals surface area contributed by atoms with Crippen LogP contribution in [0.2, 0.25) is 0 Å². The number of rotatable bonds is 2. The molecule has 3 aliphatic rings. The molecular weight excluding hydrogens is 312 g/mol. The predicted molar refractivity (Wildman–Crippen MR) is 91.9 cm³/mol. The van der Waals surface area contributed by atoms with E-state index in [4.69, 9.17) is 4.74 Å². The number of halogens is 1. The van der Waals surface area contributed by atoms with E-state index >= 15 is 0 Å². The van der Waals surface area contributed by atoms with E-state index in [1.807, 2.05) is 18.2 Å². The van der Waals surface area contributed by atoms with Crippen LogP contribution in [0.4, 0.5) is 0 Å². The second-order valence-electron chi connectivity index (χ2n) is 6.96. The van der Waals surface area contributed by atoms with Crippen LogP contribution in [0.5, 0.6) is 5.75 Å². The van der Waals surface area contributed by atoms with Crippen molar-refractivity contribution in [3.05, 3.63) is 29.8 Å². The Morgan fingerprint density at radius 3 is 2.87 bits per heavy atom. The van der Waals surface area contributed by atoms with Crippen molar-refractivity contribution in [2.75, 3.05) is 19.7 Å². The van der Waals surface area contributed by atoms with Crippen LogP contribution in [0.15, 0.2) is 24.3 Å². The van der Waals surface area contributed by atoms with E-state index in [0.29, 0.717) is 5.41 Å². The van der Waals surface area contributed by atoms with Crippen molar-refractivity contribution in [2.24, 2.45) is 11.3 Å². The maximum atomic E-state index is 12.7. The smallest absolute Gasteiger partial charge is 0.224 e. The number of piperidine rings is 1. The van der Waals surface area contributed by atoms with Gasteiger partial charge in [-0.3, -0.25) is 4.79 Å². The number of nitrogens with one attached hydrogen (secondary N) is 2. The molecule has 4 rings (SSSR count). The number of carbonyl (C=O) groups excluding carboxylic acids is 1. The zero-order valence-corrected chi connectivity index (χ0v) is 14.2. The summed E-state index contributed by atoms with van der Waals surface area (Å²) in [7, 11) is 0. The van der Waals surface area contributed by atoms with Crippen LogP contribution in [0.1, 0.15) is 43.7 Å². The number of hydrogen-bond donors (Lipinski definition) is 2. The normalized spacial score (nSPS) is 27.8. The summed E-state index contributed by atoms with van der Waals surface area (Å²) in [6.07, 6.45) is 5.32. The second-order valence-corrected chi connectivity index (χ2v) is 6.96. The van der Waals surface area contributed by atoms with Gasteiger partial charge in [-0.2, -0.15) is 0 Å². The first-order valence-electron chi connectivity index (χ1n) is 8.51. The van der Waals surface area contributed by atoms with Gasteiger partial charge in [0, 0.05) is 11.5 Å². The average molecular weight is 337 g/mol. The van der Waals surface area contributed by atoms with E-state index in [1.165, 1.54) is 0 Å². The van der Waals surface area contributed by atoms with E-state index in [2.05, 4.69) is 16.7 Å². The Morgan fingerprint density at radius 1 is 1.26 bits per heavy atom. The van der Waals surface area contributed by atoms with Crippen molar-refractivity contribution in [1.82, 2.24) is 10.6 Å². The summed E-state index contributed by atoms with van der Waals surface area (Å²) in [5, 5.41) is 6.70. The molecule has 2 aliphatic heterocycles. The van der Waals surface area contributed by atoms with Crippen molar-refractivity contribution in [2.45, 2.75) is 38.1 Å². The summed E-state index contributed by atoms with van der Waals surface area (Å²) >= 11 is 0. The zero-order valence-electron chi connectivity index (χ0n) is 13.3. The molecule has 1 amide bonds. The summed E-state index contributed by atoms with van der Waals surface area (Å²) in [6, 6.07) is 8.21. The Bertz CT molecular complexity index is 572. The van der Waals surface area contributed by atoms with E-state index < -0.39 is 0 Å². The van der Waals surface area contributed by atoms with Crippen LogP contribution in [0.25, 0.3) is 0 Å².